The second-order valence-electron chi connectivity index (χ2n) is 5.15. The van der Waals surface area contributed by atoms with Gasteiger partial charge in [0.2, 0.25) is 0 Å². The minimum Gasteiger partial charge on any atom is -0.543 e. The highest BCUT2D eigenvalue weighted by atomic mass is 28.4. The lowest BCUT2D eigenvalue weighted by Crippen LogP contribution is -2.35. The van der Waals surface area contributed by atoms with Crippen molar-refractivity contribution in [1.29, 1.82) is 0 Å². The van der Waals surface area contributed by atoms with Crippen LogP contribution in [0.4, 0.5) is 0 Å². The standard InChI is InChI=1S/C16H22O2Si/c1-4-19(5-2,6-3)18-16-14(12-17)11-13-9-7-8-10-15(13)16/h7-10,12H,4-6,11H2,1-3H3. The lowest BCUT2D eigenvalue weighted by Gasteiger charge is -2.30. The fourth-order valence-corrected chi connectivity index (χ4v) is 5.36. The number of carbonyl (C=O) groups is 1. The molecular formula is C16H22O2Si. The van der Waals surface area contributed by atoms with Crippen LogP contribution in [-0.4, -0.2) is 14.6 Å². The SMILES string of the molecule is CC[Si](CC)(CC)OC1=C(C=O)Cc2ccccc21. The molecular weight excluding hydrogens is 252 g/mol. The summed E-state index contributed by atoms with van der Waals surface area (Å²) in [6, 6.07) is 11.5. The monoisotopic (exact) mass is 274 g/mol. The van der Waals surface area contributed by atoms with Gasteiger partial charge in [-0.2, -0.15) is 0 Å². The van der Waals surface area contributed by atoms with Gasteiger partial charge < -0.3 is 4.43 Å². The molecule has 0 amide bonds. The number of rotatable bonds is 6. The summed E-state index contributed by atoms with van der Waals surface area (Å²) in [7, 11) is -1.73. The Balaban J connectivity index is 2.39. The second-order valence-corrected chi connectivity index (χ2v) is 9.84. The van der Waals surface area contributed by atoms with Gasteiger partial charge in [-0.1, -0.05) is 45.0 Å². The largest absolute Gasteiger partial charge is 0.543 e. The van der Waals surface area contributed by atoms with Crippen molar-refractivity contribution in [1.82, 2.24) is 0 Å². The van der Waals surface area contributed by atoms with Crippen LogP contribution in [0.2, 0.25) is 18.1 Å². The van der Waals surface area contributed by atoms with Crippen LogP contribution in [0.15, 0.2) is 29.8 Å². The van der Waals surface area contributed by atoms with Crippen molar-refractivity contribution in [2.24, 2.45) is 0 Å². The third kappa shape index (κ3) is 2.52. The van der Waals surface area contributed by atoms with Gasteiger partial charge >= 0.3 is 0 Å². The Morgan fingerprint density at radius 2 is 1.79 bits per heavy atom. The van der Waals surface area contributed by atoms with E-state index in [1.54, 1.807) is 0 Å². The maximum absolute atomic E-state index is 11.3. The molecule has 0 saturated heterocycles. The molecule has 0 aromatic heterocycles. The third-order valence-corrected chi connectivity index (χ3v) is 8.83. The van der Waals surface area contributed by atoms with Gasteiger partial charge in [0.05, 0.1) is 0 Å². The molecule has 1 aliphatic rings. The second kappa shape index (κ2) is 5.74. The fourth-order valence-electron chi connectivity index (χ4n) is 2.75. The molecule has 0 unspecified atom stereocenters. The summed E-state index contributed by atoms with van der Waals surface area (Å²) in [5, 5.41) is 0. The number of fused-ring (bicyclic) bond motifs is 1. The van der Waals surface area contributed by atoms with Crippen LogP contribution < -0.4 is 0 Å². The number of hydrogen-bond donors (Lipinski definition) is 0. The first-order chi connectivity index (χ1) is 9.19. The Hall–Kier alpha value is -1.35. The molecule has 0 bridgehead atoms. The van der Waals surface area contributed by atoms with Crippen molar-refractivity contribution in [2.75, 3.05) is 0 Å². The number of aldehydes is 1. The smallest absolute Gasteiger partial charge is 0.250 e. The van der Waals surface area contributed by atoms with Crippen molar-refractivity contribution in [2.45, 2.75) is 45.3 Å². The summed E-state index contributed by atoms with van der Waals surface area (Å²) in [5.74, 6) is 0.864. The molecule has 19 heavy (non-hydrogen) atoms. The summed E-state index contributed by atoms with van der Waals surface area (Å²) < 4.78 is 6.46. The van der Waals surface area contributed by atoms with Gasteiger partial charge in [-0.25, -0.2) is 0 Å². The van der Waals surface area contributed by atoms with E-state index < -0.39 is 8.32 Å². The van der Waals surface area contributed by atoms with Crippen LogP contribution in [-0.2, 0) is 15.6 Å². The molecule has 0 heterocycles. The Bertz CT molecular complexity index is 493. The topological polar surface area (TPSA) is 26.3 Å². The zero-order chi connectivity index (χ0) is 13.9. The van der Waals surface area contributed by atoms with Crippen molar-refractivity contribution in [3.05, 3.63) is 41.0 Å². The van der Waals surface area contributed by atoms with Gasteiger partial charge in [0.1, 0.15) is 12.0 Å². The average molecular weight is 274 g/mol. The van der Waals surface area contributed by atoms with Crippen LogP contribution in [0.3, 0.4) is 0 Å². The number of allylic oxidation sites excluding steroid dienone is 1. The first-order valence-electron chi connectivity index (χ1n) is 7.15. The minimum atomic E-state index is -1.73. The summed E-state index contributed by atoms with van der Waals surface area (Å²) in [6.45, 7) is 6.63. The van der Waals surface area contributed by atoms with Gasteiger partial charge in [-0.15, -0.1) is 0 Å². The molecule has 0 spiro atoms. The first-order valence-corrected chi connectivity index (χ1v) is 9.68. The zero-order valence-electron chi connectivity index (χ0n) is 12.0. The molecule has 2 nitrogen and oxygen atoms in total. The van der Waals surface area contributed by atoms with E-state index in [4.69, 9.17) is 4.43 Å². The van der Waals surface area contributed by atoms with E-state index in [1.165, 1.54) is 5.56 Å². The maximum atomic E-state index is 11.3. The molecule has 0 aliphatic heterocycles. The van der Waals surface area contributed by atoms with E-state index in [1.807, 2.05) is 12.1 Å². The third-order valence-electron chi connectivity index (χ3n) is 4.33. The Kier molecular flexibility index (Phi) is 4.25. The zero-order valence-corrected chi connectivity index (χ0v) is 13.0. The predicted molar refractivity (Wildman–Crippen MR) is 81.4 cm³/mol. The van der Waals surface area contributed by atoms with Crippen LogP contribution in [0, 0.1) is 0 Å². The van der Waals surface area contributed by atoms with Crippen LogP contribution in [0.5, 0.6) is 0 Å². The van der Waals surface area contributed by atoms with Gasteiger partial charge in [0.15, 0.2) is 0 Å². The molecule has 0 atom stereocenters. The van der Waals surface area contributed by atoms with Crippen LogP contribution in [0.25, 0.3) is 5.76 Å². The Labute approximate surface area is 116 Å². The van der Waals surface area contributed by atoms with Gasteiger partial charge in [0.25, 0.3) is 8.32 Å². The normalized spacial score (nSPS) is 14.5. The lowest BCUT2D eigenvalue weighted by molar-refractivity contribution is -0.104. The molecule has 1 aliphatic carbocycles. The molecule has 1 aromatic carbocycles. The van der Waals surface area contributed by atoms with Gasteiger partial charge in [-0.3, -0.25) is 4.79 Å². The van der Waals surface area contributed by atoms with E-state index in [0.29, 0.717) is 0 Å². The van der Waals surface area contributed by atoms with Crippen molar-refractivity contribution < 1.29 is 9.22 Å². The summed E-state index contributed by atoms with van der Waals surface area (Å²) in [6.07, 6.45) is 1.69. The minimum absolute atomic E-state index is 0.719. The molecule has 1 aromatic rings. The van der Waals surface area contributed by atoms with Crippen LogP contribution in [0.1, 0.15) is 31.9 Å². The first kappa shape index (κ1) is 14.1. The Morgan fingerprint density at radius 1 is 1.16 bits per heavy atom. The molecule has 2 rings (SSSR count). The highest BCUT2D eigenvalue weighted by Gasteiger charge is 2.34. The van der Waals surface area contributed by atoms with Crippen molar-refractivity contribution in [3.63, 3.8) is 0 Å². The Morgan fingerprint density at radius 3 is 2.37 bits per heavy atom. The van der Waals surface area contributed by atoms with Gasteiger partial charge in [-0.05, 0) is 23.7 Å². The van der Waals surface area contributed by atoms with E-state index in [-0.39, 0.29) is 0 Å². The molecule has 0 radical (unpaired) electrons. The fraction of sp³-hybridized carbons (Fsp3) is 0.438. The number of benzene rings is 1. The van der Waals surface area contributed by atoms with E-state index in [2.05, 4.69) is 32.9 Å². The van der Waals surface area contributed by atoms with E-state index in [0.717, 1.165) is 47.7 Å². The predicted octanol–water partition coefficient (Wildman–Crippen LogP) is 4.17. The quantitative estimate of drug-likeness (QED) is 0.575. The highest BCUT2D eigenvalue weighted by Crippen LogP contribution is 2.37. The van der Waals surface area contributed by atoms with E-state index >= 15 is 0 Å². The molecule has 0 fully saturated rings. The number of carbonyl (C=O) groups excluding carboxylic acids is 1. The summed E-state index contributed by atoms with van der Waals surface area (Å²) in [4.78, 5) is 11.3. The van der Waals surface area contributed by atoms with Crippen molar-refractivity contribution in [3.8, 4) is 0 Å². The summed E-state index contributed by atoms with van der Waals surface area (Å²) >= 11 is 0. The highest BCUT2D eigenvalue weighted by molar-refractivity contribution is 6.74. The molecule has 0 N–H and O–H groups in total. The van der Waals surface area contributed by atoms with Gasteiger partial charge in [0, 0.05) is 17.6 Å². The number of hydrogen-bond acceptors (Lipinski definition) is 2. The molecule has 0 saturated carbocycles. The average Bonchev–Trinajstić information content (AvgIpc) is 2.82. The molecule has 3 heteroatoms. The lowest BCUT2D eigenvalue weighted by atomic mass is 10.1. The maximum Gasteiger partial charge on any atom is 0.250 e. The summed E-state index contributed by atoms with van der Waals surface area (Å²) in [5.41, 5.74) is 3.15. The van der Waals surface area contributed by atoms with Crippen molar-refractivity contribution >= 4 is 20.4 Å². The van der Waals surface area contributed by atoms with Crippen LogP contribution >= 0.6 is 0 Å². The molecule has 102 valence electrons. The van der Waals surface area contributed by atoms with E-state index in [9.17, 15) is 4.79 Å².